The predicted octanol–water partition coefficient (Wildman–Crippen LogP) is 3.99. The largest absolute Gasteiger partial charge is 0.453 e. The topological polar surface area (TPSA) is 93.2 Å². The molecule has 0 unspecified atom stereocenters. The Kier molecular flexibility index (Phi) is 4.71. The summed E-state index contributed by atoms with van der Waals surface area (Å²) in [7, 11) is 0. The number of rotatable bonds is 4. The van der Waals surface area contributed by atoms with Crippen LogP contribution < -0.4 is 0 Å². The molecule has 2 spiro atoms. The van der Waals surface area contributed by atoms with Crippen molar-refractivity contribution < 1.29 is 35.6 Å². The van der Waals surface area contributed by atoms with E-state index < -0.39 is 23.6 Å². The van der Waals surface area contributed by atoms with Gasteiger partial charge in [0.15, 0.2) is 0 Å². The first-order chi connectivity index (χ1) is 17.8. The SMILES string of the molecule is O=C(N1CC2(CC(Cc3nnc(C4(C(F)(F)F)CC4)o3)C2)C1)N1CC2(CC(n3cnc(C(F)(F)F)n3)C2)C1. The van der Waals surface area contributed by atoms with Gasteiger partial charge in [0.05, 0.1) is 6.04 Å². The summed E-state index contributed by atoms with van der Waals surface area (Å²) in [5.74, 6) is -0.973. The maximum Gasteiger partial charge on any atom is 0.453 e. The number of halogens is 6. The maximum absolute atomic E-state index is 13.3. The summed E-state index contributed by atoms with van der Waals surface area (Å²) in [5, 5.41) is 11.1. The number of hydrogen-bond donors (Lipinski definition) is 0. The van der Waals surface area contributed by atoms with Crippen molar-refractivity contribution >= 4 is 6.03 Å². The predicted molar refractivity (Wildman–Crippen MR) is 114 cm³/mol. The lowest BCUT2D eigenvalue weighted by Crippen LogP contribution is -2.71. The molecule has 0 atom stereocenters. The monoisotopic (exact) mass is 545 g/mol. The smallest absolute Gasteiger partial charge is 0.424 e. The number of nitrogens with zero attached hydrogens (tertiary/aromatic N) is 7. The van der Waals surface area contributed by atoms with E-state index in [0.29, 0.717) is 45.4 Å². The fourth-order valence-corrected chi connectivity index (χ4v) is 7.05. The van der Waals surface area contributed by atoms with Crippen LogP contribution in [0.25, 0.3) is 0 Å². The van der Waals surface area contributed by atoms with Crippen LogP contribution in [0.4, 0.5) is 31.1 Å². The molecule has 5 aliphatic rings. The Balaban J connectivity index is 0.845. The Morgan fingerprint density at radius 3 is 2.08 bits per heavy atom. The van der Waals surface area contributed by atoms with Crippen LogP contribution in [0.3, 0.4) is 0 Å². The van der Waals surface area contributed by atoms with Crippen LogP contribution in [0.1, 0.15) is 62.2 Å². The fourth-order valence-electron chi connectivity index (χ4n) is 7.05. The van der Waals surface area contributed by atoms with E-state index in [0.717, 1.165) is 19.2 Å². The van der Waals surface area contributed by atoms with Crippen molar-refractivity contribution in [2.45, 2.75) is 68.8 Å². The number of likely N-dealkylation sites (tertiary alicyclic amines) is 2. The molecular weight excluding hydrogens is 520 g/mol. The molecular formula is C23H25F6N7O2. The van der Waals surface area contributed by atoms with E-state index in [4.69, 9.17) is 4.42 Å². The van der Waals surface area contributed by atoms with E-state index in [9.17, 15) is 31.1 Å². The first kappa shape index (κ1) is 24.2. The minimum atomic E-state index is -4.56. The van der Waals surface area contributed by atoms with Gasteiger partial charge in [0.2, 0.25) is 11.8 Å². The third-order valence-corrected chi connectivity index (χ3v) is 9.20. The normalized spacial score (nSPS) is 25.6. The van der Waals surface area contributed by atoms with Crippen molar-refractivity contribution in [2.75, 3.05) is 26.2 Å². The van der Waals surface area contributed by atoms with E-state index in [1.807, 2.05) is 4.90 Å². The summed E-state index contributed by atoms with van der Waals surface area (Å²) in [6.07, 6.45) is -4.34. The van der Waals surface area contributed by atoms with Crippen LogP contribution in [-0.4, -0.2) is 73.1 Å². The molecule has 4 heterocycles. The molecule has 15 heteroatoms. The number of carbonyl (C=O) groups is 1. The van der Waals surface area contributed by atoms with Crippen molar-refractivity contribution in [3.05, 3.63) is 23.9 Å². The standard InChI is InChI=1S/C23H25F6N7O2/c24-22(25,26)16-30-12-36(33-16)14-6-20(7-14)10-35(11-20)18(37)34-8-19(9-34)4-13(5-19)3-15-31-32-17(38-15)21(1-2-21)23(27,28)29/h12-14H,1-11H2. The van der Waals surface area contributed by atoms with Crippen LogP contribution >= 0.6 is 0 Å². The molecule has 9 nitrogen and oxygen atoms in total. The Labute approximate surface area is 212 Å². The van der Waals surface area contributed by atoms with Crippen LogP contribution in [0.5, 0.6) is 0 Å². The summed E-state index contributed by atoms with van der Waals surface area (Å²) in [4.78, 5) is 19.8. The maximum atomic E-state index is 13.3. The Morgan fingerprint density at radius 1 is 0.947 bits per heavy atom. The lowest BCUT2D eigenvalue weighted by atomic mass is 9.57. The Hall–Kier alpha value is -2.87. The molecule has 0 radical (unpaired) electrons. The molecule has 5 fully saturated rings. The summed E-state index contributed by atoms with van der Waals surface area (Å²) >= 11 is 0. The summed E-state index contributed by atoms with van der Waals surface area (Å²) in [6.45, 7) is 2.49. The van der Waals surface area contributed by atoms with E-state index >= 15 is 0 Å². The van der Waals surface area contributed by atoms with Gasteiger partial charge in [0, 0.05) is 43.4 Å². The van der Waals surface area contributed by atoms with Crippen LogP contribution in [0, 0.1) is 16.7 Å². The first-order valence-electron chi connectivity index (χ1n) is 12.7. The molecule has 38 heavy (non-hydrogen) atoms. The molecule has 3 saturated carbocycles. The number of amides is 2. The van der Waals surface area contributed by atoms with E-state index in [1.165, 1.54) is 4.68 Å². The van der Waals surface area contributed by atoms with Gasteiger partial charge in [-0.15, -0.1) is 15.3 Å². The second-order valence-electron chi connectivity index (χ2n) is 12.2. The van der Waals surface area contributed by atoms with E-state index in [1.54, 1.807) is 4.90 Å². The lowest BCUT2D eigenvalue weighted by Gasteiger charge is -2.63. The Bertz CT molecular complexity index is 1250. The van der Waals surface area contributed by atoms with Gasteiger partial charge in [-0.2, -0.15) is 26.3 Å². The van der Waals surface area contributed by atoms with Crippen LogP contribution in [0.15, 0.2) is 10.7 Å². The number of carbonyl (C=O) groups excluding carboxylic acids is 1. The van der Waals surface area contributed by atoms with Gasteiger partial charge in [-0.3, -0.25) is 0 Å². The summed E-state index contributed by atoms with van der Waals surface area (Å²) in [6, 6.07) is -0.148. The minimum absolute atomic E-state index is 0.0160. The highest BCUT2D eigenvalue weighted by molar-refractivity contribution is 5.77. The molecule has 2 aromatic heterocycles. The fraction of sp³-hybridized carbons (Fsp3) is 0.783. The Morgan fingerprint density at radius 2 is 1.55 bits per heavy atom. The van der Waals surface area contributed by atoms with Crippen molar-refractivity contribution in [1.29, 1.82) is 0 Å². The van der Waals surface area contributed by atoms with Crippen molar-refractivity contribution in [2.24, 2.45) is 16.7 Å². The quantitative estimate of drug-likeness (QED) is 0.540. The molecule has 206 valence electrons. The molecule has 7 rings (SSSR count). The van der Waals surface area contributed by atoms with Crippen molar-refractivity contribution in [3.8, 4) is 0 Å². The average Bonchev–Trinajstić information content (AvgIpc) is 3.17. The molecule has 0 bridgehead atoms. The van der Waals surface area contributed by atoms with E-state index in [-0.39, 0.29) is 53.4 Å². The van der Waals surface area contributed by atoms with Crippen molar-refractivity contribution in [3.63, 3.8) is 0 Å². The van der Waals surface area contributed by atoms with Gasteiger partial charge in [-0.25, -0.2) is 14.5 Å². The summed E-state index contributed by atoms with van der Waals surface area (Å²) in [5.41, 5.74) is -1.96. The third kappa shape index (κ3) is 3.63. The number of aromatic nitrogens is 5. The van der Waals surface area contributed by atoms with Crippen LogP contribution in [0.2, 0.25) is 0 Å². The summed E-state index contributed by atoms with van der Waals surface area (Å²) < 4.78 is 84.6. The highest BCUT2D eigenvalue weighted by atomic mass is 19.4. The van der Waals surface area contributed by atoms with Gasteiger partial charge in [-0.05, 0) is 44.4 Å². The minimum Gasteiger partial charge on any atom is -0.424 e. The number of alkyl halides is 6. The average molecular weight is 545 g/mol. The van der Waals surface area contributed by atoms with Gasteiger partial charge in [0.25, 0.3) is 5.82 Å². The number of urea groups is 1. The van der Waals surface area contributed by atoms with Gasteiger partial charge in [0.1, 0.15) is 11.7 Å². The highest BCUT2D eigenvalue weighted by Gasteiger charge is 2.68. The van der Waals surface area contributed by atoms with Gasteiger partial charge < -0.3 is 14.2 Å². The van der Waals surface area contributed by atoms with Crippen LogP contribution in [-0.2, 0) is 18.0 Å². The molecule has 0 aromatic carbocycles. The van der Waals surface area contributed by atoms with Gasteiger partial charge >= 0.3 is 18.4 Å². The van der Waals surface area contributed by atoms with Crippen molar-refractivity contribution in [1.82, 2.24) is 34.8 Å². The zero-order chi connectivity index (χ0) is 26.7. The molecule has 2 aromatic rings. The molecule has 0 N–H and O–H groups in total. The zero-order valence-electron chi connectivity index (χ0n) is 20.2. The lowest BCUT2D eigenvalue weighted by molar-refractivity contribution is -0.165. The zero-order valence-corrected chi connectivity index (χ0v) is 20.2. The molecule has 2 aliphatic heterocycles. The second kappa shape index (κ2) is 7.40. The first-order valence-corrected chi connectivity index (χ1v) is 12.7. The van der Waals surface area contributed by atoms with E-state index in [2.05, 4.69) is 20.3 Å². The molecule has 2 saturated heterocycles. The second-order valence-corrected chi connectivity index (χ2v) is 12.2. The number of hydrogen-bond acceptors (Lipinski definition) is 6. The third-order valence-electron chi connectivity index (χ3n) is 9.20. The molecule has 3 aliphatic carbocycles. The van der Waals surface area contributed by atoms with Gasteiger partial charge in [-0.1, -0.05) is 0 Å². The molecule has 2 amide bonds. The highest BCUT2D eigenvalue weighted by Crippen LogP contribution is 2.59.